The number of benzene rings is 2. The van der Waals surface area contributed by atoms with E-state index >= 15 is 0 Å². The highest BCUT2D eigenvalue weighted by Gasteiger charge is 2.14. The van der Waals surface area contributed by atoms with Gasteiger partial charge < -0.3 is 14.4 Å². The molecule has 0 saturated heterocycles. The van der Waals surface area contributed by atoms with Crippen LogP contribution in [0.15, 0.2) is 73.3 Å². The van der Waals surface area contributed by atoms with Crippen LogP contribution < -0.4 is 14.4 Å². The third-order valence-corrected chi connectivity index (χ3v) is 5.73. The van der Waals surface area contributed by atoms with Gasteiger partial charge in [0.25, 0.3) is 0 Å². The Balaban J connectivity index is 1.57. The number of hydrogen-bond acceptors (Lipinski definition) is 8. The van der Waals surface area contributed by atoms with Gasteiger partial charge in [-0.2, -0.15) is 5.10 Å². The summed E-state index contributed by atoms with van der Waals surface area (Å²) in [6.07, 6.45) is 10.9. The zero-order valence-electron chi connectivity index (χ0n) is 20.2. The maximum absolute atomic E-state index is 5.52. The standard InChI is InChI=1S/C27H25N7O2/c1-18-23(16-31-33-18)26-17-30-24-8-7-19(14-25(24)32-26)34(11-4-6-27-28-9-5-10-29-27)20-12-21(35-2)15-22(13-20)36-3/h4-10,12-17H,11H2,1-3H3,(H,31,33)/b6-4-. The van der Waals surface area contributed by atoms with Crippen molar-refractivity contribution in [3.05, 3.63) is 84.8 Å². The zero-order chi connectivity index (χ0) is 24.9. The van der Waals surface area contributed by atoms with Gasteiger partial charge in [-0.15, -0.1) is 0 Å². The molecule has 0 atom stereocenters. The lowest BCUT2D eigenvalue weighted by molar-refractivity contribution is 0.394. The van der Waals surface area contributed by atoms with Crippen LogP contribution in [0, 0.1) is 6.92 Å². The number of fused-ring (bicyclic) bond motifs is 1. The summed E-state index contributed by atoms with van der Waals surface area (Å²) in [5.74, 6) is 2.04. The van der Waals surface area contributed by atoms with Crippen LogP contribution in [0.5, 0.6) is 11.5 Å². The van der Waals surface area contributed by atoms with Gasteiger partial charge in [-0.3, -0.25) is 10.1 Å². The van der Waals surface area contributed by atoms with Gasteiger partial charge in [0.15, 0.2) is 5.82 Å². The lowest BCUT2D eigenvalue weighted by atomic mass is 10.1. The monoisotopic (exact) mass is 479 g/mol. The summed E-state index contributed by atoms with van der Waals surface area (Å²) < 4.78 is 11.0. The van der Waals surface area contributed by atoms with Crippen LogP contribution in [0.3, 0.4) is 0 Å². The third-order valence-electron chi connectivity index (χ3n) is 5.73. The molecule has 9 heteroatoms. The van der Waals surface area contributed by atoms with E-state index in [4.69, 9.17) is 14.5 Å². The van der Waals surface area contributed by atoms with Gasteiger partial charge in [0.1, 0.15) is 11.5 Å². The molecular formula is C27H25N7O2. The van der Waals surface area contributed by atoms with E-state index in [1.54, 1.807) is 45.1 Å². The third kappa shape index (κ3) is 4.85. The maximum Gasteiger partial charge on any atom is 0.151 e. The van der Waals surface area contributed by atoms with Crippen molar-refractivity contribution in [1.82, 2.24) is 30.1 Å². The first-order chi connectivity index (χ1) is 17.6. The van der Waals surface area contributed by atoms with E-state index in [2.05, 4.69) is 30.0 Å². The van der Waals surface area contributed by atoms with Crippen molar-refractivity contribution < 1.29 is 9.47 Å². The topological polar surface area (TPSA) is 102 Å². The summed E-state index contributed by atoms with van der Waals surface area (Å²) in [5.41, 5.74) is 6.06. The molecule has 0 aliphatic heterocycles. The fourth-order valence-electron chi connectivity index (χ4n) is 3.87. The van der Waals surface area contributed by atoms with E-state index in [9.17, 15) is 0 Å². The number of ether oxygens (including phenoxy) is 2. The smallest absolute Gasteiger partial charge is 0.151 e. The highest BCUT2D eigenvalue weighted by Crippen LogP contribution is 2.34. The predicted molar refractivity (Wildman–Crippen MR) is 139 cm³/mol. The summed E-state index contributed by atoms with van der Waals surface area (Å²) in [6.45, 7) is 2.51. The first-order valence-electron chi connectivity index (χ1n) is 11.4. The quantitative estimate of drug-likeness (QED) is 0.332. The van der Waals surface area contributed by atoms with Gasteiger partial charge in [0.05, 0.1) is 43.3 Å². The Labute approximate surface area is 208 Å². The molecule has 9 nitrogen and oxygen atoms in total. The van der Waals surface area contributed by atoms with Crippen LogP contribution >= 0.6 is 0 Å². The number of nitrogens with one attached hydrogen (secondary N) is 1. The molecule has 0 aliphatic rings. The molecule has 0 spiro atoms. The van der Waals surface area contributed by atoms with Crippen LogP contribution in [0.4, 0.5) is 11.4 Å². The number of H-pyrrole nitrogens is 1. The van der Waals surface area contributed by atoms with Gasteiger partial charge >= 0.3 is 0 Å². The second-order valence-electron chi connectivity index (χ2n) is 8.03. The minimum absolute atomic E-state index is 0.550. The second kappa shape index (κ2) is 10.2. The number of methoxy groups -OCH3 is 2. The Morgan fingerprint density at radius 1 is 0.889 bits per heavy atom. The minimum Gasteiger partial charge on any atom is -0.497 e. The lowest BCUT2D eigenvalue weighted by Gasteiger charge is -2.25. The van der Waals surface area contributed by atoms with Gasteiger partial charge in [0.2, 0.25) is 0 Å². The molecule has 0 aliphatic carbocycles. The van der Waals surface area contributed by atoms with E-state index in [0.717, 1.165) is 39.4 Å². The van der Waals surface area contributed by atoms with Gasteiger partial charge in [-0.05, 0) is 37.3 Å². The van der Waals surface area contributed by atoms with Crippen LogP contribution in [0.2, 0.25) is 0 Å². The Morgan fingerprint density at radius 2 is 1.67 bits per heavy atom. The average Bonchev–Trinajstić information content (AvgIpc) is 3.36. The van der Waals surface area contributed by atoms with Crippen molar-refractivity contribution >= 4 is 28.5 Å². The highest BCUT2D eigenvalue weighted by molar-refractivity contribution is 5.83. The fraction of sp³-hybridized carbons (Fsp3) is 0.148. The molecule has 5 rings (SSSR count). The van der Waals surface area contributed by atoms with E-state index in [-0.39, 0.29) is 0 Å². The van der Waals surface area contributed by atoms with Crippen molar-refractivity contribution in [2.75, 3.05) is 25.7 Å². The summed E-state index contributed by atoms with van der Waals surface area (Å²) in [6, 6.07) is 13.6. The van der Waals surface area contributed by atoms with E-state index in [1.165, 1.54) is 0 Å². The number of aromatic amines is 1. The molecule has 0 fully saturated rings. The number of aryl methyl sites for hydroxylation is 1. The number of rotatable bonds is 8. The normalized spacial score (nSPS) is 11.2. The van der Waals surface area contributed by atoms with Crippen molar-refractivity contribution in [2.24, 2.45) is 0 Å². The van der Waals surface area contributed by atoms with E-state index in [0.29, 0.717) is 23.9 Å². The SMILES string of the molecule is COc1cc(OC)cc(N(C/C=C\c2ncccn2)c2ccc3ncc(-c4cn[nH]c4C)nc3c2)c1. The Kier molecular flexibility index (Phi) is 6.53. The van der Waals surface area contributed by atoms with Crippen LogP contribution in [-0.4, -0.2) is 50.9 Å². The number of hydrogen-bond donors (Lipinski definition) is 1. The van der Waals surface area contributed by atoms with Gasteiger partial charge in [-0.25, -0.2) is 15.0 Å². The fourth-order valence-corrected chi connectivity index (χ4v) is 3.87. The highest BCUT2D eigenvalue weighted by atomic mass is 16.5. The molecule has 5 aromatic rings. The largest absolute Gasteiger partial charge is 0.497 e. The summed E-state index contributed by atoms with van der Waals surface area (Å²) >= 11 is 0. The second-order valence-corrected chi connectivity index (χ2v) is 8.03. The first-order valence-corrected chi connectivity index (χ1v) is 11.4. The Bertz CT molecular complexity index is 1490. The van der Waals surface area contributed by atoms with Gasteiger partial charge in [0, 0.05) is 59.8 Å². The lowest BCUT2D eigenvalue weighted by Crippen LogP contribution is -2.17. The minimum atomic E-state index is 0.550. The van der Waals surface area contributed by atoms with Crippen LogP contribution in [0.1, 0.15) is 11.5 Å². The molecular weight excluding hydrogens is 454 g/mol. The molecule has 0 unspecified atom stereocenters. The predicted octanol–water partition coefficient (Wildman–Crippen LogP) is 4.99. The van der Waals surface area contributed by atoms with Gasteiger partial charge in [-0.1, -0.05) is 6.08 Å². The number of nitrogens with zero attached hydrogens (tertiary/aromatic N) is 6. The Hall–Kier alpha value is -4.79. The zero-order valence-corrected chi connectivity index (χ0v) is 20.2. The molecule has 3 aromatic heterocycles. The van der Waals surface area contributed by atoms with Crippen molar-refractivity contribution in [2.45, 2.75) is 6.92 Å². The summed E-state index contributed by atoms with van der Waals surface area (Å²) in [4.78, 5) is 20.2. The van der Waals surface area contributed by atoms with Crippen LogP contribution in [0.25, 0.3) is 28.4 Å². The molecule has 1 N–H and O–H groups in total. The molecule has 0 bridgehead atoms. The summed E-state index contributed by atoms with van der Waals surface area (Å²) in [7, 11) is 3.28. The van der Waals surface area contributed by atoms with E-state index < -0.39 is 0 Å². The number of aromatic nitrogens is 6. The molecule has 0 radical (unpaired) electrons. The molecule has 0 amide bonds. The molecule has 180 valence electrons. The van der Waals surface area contributed by atoms with Crippen LogP contribution in [-0.2, 0) is 0 Å². The van der Waals surface area contributed by atoms with Crippen molar-refractivity contribution in [3.63, 3.8) is 0 Å². The van der Waals surface area contributed by atoms with Crippen molar-refractivity contribution in [3.8, 4) is 22.8 Å². The molecule has 36 heavy (non-hydrogen) atoms. The first kappa shape index (κ1) is 23.0. The maximum atomic E-state index is 5.52. The van der Waals surface area contributed by atoms with E-state index in [1.807, 2.05) is 55.5 Å². The number of anilines is 2. The molecule has 0 saturated carbocycles. The summed E-state index contributed by atoms with van der Waals surface area (Å²) in [5, 5.41) is 7.07. The van der Waals surface area contributed by atoms with Crippen molar-refractivity contribution in [1.29, 1.82) is 0 Å². The molecule has 2 aromatic carbocycles. The average molecular weight is 480 g/mol. The Morgan fingerprint density at radius 3 is 2.36 bits per heavy atom. The molecule has 3 heterocycles.